The van der Waals surface area contributed by atoms with Crippen LogP contribution in [0.2, 0.25) is 0 Å². The zero-order valence-corrected chi connectivity index (χ0v) is 8.91. The second-order valence-electron chi connectivity index (χ2n) is 5.68. The summed E-state index contributed by atoms with van der Waals surface area (Å²) in [6.07, 6.45) is 8.45. The number of nitrogens with two attached hydrogens (primary N) is 1. The van der Waals surface area contributed by atoms with Crippen molar-refractivity contribution in [3.05, 3.63) is 0 Å². The van der Waals surface area contributed by atoms with Gasteiger partial charge in [-0.1, -0.05) is 0 Å². The predicted molar refractivity (Wildman–Crippen MR) is 57.9 cm³/mol. The van der Waals surface area contributed by atoms with Crippen LogP contribution < -0.4 is 11.1 Å². The minimum atomic E-state index is 0.493. The van der Waals surface area contributed by atoms with Gasteiger partial charge >= 0.3 is 0 Å². The summed E-state index contributed by atoms with van der Waals surface area (Å²) in [4.78, 5) is 0. The molecule has 0 bridgehead atoms. The standard InChI is InChI=1S/C12H22N2/c13-10-5-11(6-10)14-7-12(8-1-2-8)9-3-4-9/h8-12,14H,1-7,13H2. The molecule has 0 aromatic carbocycles. The van der Waals surface area contributed by atoms with Gasteiger partial charge in [0.1, 0.15) is 0 Å². The zero-order chi connectivity index (χ0) is 9.54. The molecule has 0 aliphatic heterocycles. The molecule has 0 radical (unpaired) electrons. The lowest BCUT2D eigenvalue weighted by Gasteiger charge is -2.34. The normalized spacial score (nSPS) is 37.3. The Kier molecular flexibility index (Phi) is 2.29. The SMILES string of the molecule is NC1CC(NCC(C2CC2)C2CC2)C1. The molecule has 3 fully saturated rings. The van der Waals surface area contributed by atoms with Gasteiger partial charge in [-0.25, -0.2) is 0 Å². The molecule has 0 aromatic heterocycles. The highest BCUT2D eigenvalue weighted by Gasteiger charge is 2.41. The number of rotatable bonds is 5. The van der Waals surface area contributed by atoms with Crippen LogP contribution >= 0.6 is 0 Å². The first-order valence-electron chi connectivity index (χ1n) is 6.32. The minimum absolute atomic E-state index is 0.493. The van der Waals surface area contributed by atoms with Gasteiger partial charge < -0.3 is 11.1 Å². The van der Waals surface area contributed by atoms with E-state index in [9.17, 15) is 0 Å². The van der Waals surface area contributed by atoms with E-state index in [1.807, 2.05) is 0 Å². The molecule has 3 aliphatic rings. The third kappa shape index (κ3) is 1.96. The summed E-state index contributed by atoms with van der Waals surface area (Å²) in [5.74, 6) is 3.19. The van der Waals surface area contributed by atoms with Crippen LogP contribution in [0, 0.1) is 17.8 Å². The number of nitrogens with one attached hydrogen (secondary N) is 1. The number of hydrogen-bond acceptors (Lipinski definition) is 2. The lowest BCUT2D eigenvalue weighted by atomic mass is 9.87. The van der Waals surface area contributed by atoms with Gasteiger partial charge in [0.15, 0.2) is 0 Å². The molecule has 0 heterocycles. The Bertz CT molecular complexity index is 190. The van der Waals surface area contributed by atoms with Crippen LogP contribution in [0.15, 0.2) is 0 Å². The molecule has 2 heteroatoms. The van der Waals surface area contributed by atoms with Crippen molar-refractivity contribution < 1.29 is 0 Å². The molecular weight excluding hydrogens is 172 g/mol. The summed E-state index contributed by atoms with van der Waals surface area (Å²) in [6, 6.07) is 1.25. The van der Waals surface area contributed by atoms with Crippen molar-refractivity contribution in [3.63, 3.8) is 0 Å². The molecule has 0 atom stereocenters. The fourth-order valence-corrected chi connectivity index (χ4v) is 2.90. The summed E-state index contributed by atoms with van der Waals surface area (Å²) in [7, 11) is 0. The quantitative estimate of drug-likeness (QED) is 0.696. The molecule has 3 aliphatic carbocycles. The smallest absolute Gasteiger partial charge is 0.00966 e. The molecular formula is C12H22N2. The Morgan fingerprint density at radius 1 is 1.07 bits per heavy atom. The van der Waals surface area contributed by atoms with Crippen molar-refractivity contribution in [1.29, 1.82) is 0 Å². The van der Waals surface area contributed by atoms with Crippen molar-refractivity contribution in [2.75, 3.05) is 6.54 Å². The molecule has 0 amide bonds. The Balaban J connectivity index is 1.41. The largest absolute Gasteiger partial charge is 0.328 e. The molecule has 3 saturated carbocycles. The fourth-order valence-electron chi connectivity index (χ4n) is 2.90. The van der Waals surface area contributed by atoms with Crippen molar-refractivity contribution in [1.82, 2.24) is 5.32 Å². The zero-order valence-electron chi connectivity index (χ0n) is 8.91. The summed E-state index contributed by atoms with van der Waals surface area (Å²) >= 11 is 0. The van der Waals surface area contributed by atoms with Crippen molar-refractivity contribution in [2.24, 2.45) is 23.5 Å². The first-order chi connectivity index (χ1) is 6.83. The molecule has 0 unspecified atom stereocenters. The number of hydrogen-bond donors (Lipinski definition) is 2. The summed E-state index contributed by atoms with van der Waals surface area (Å²) in [5, 5.41) is 3.71. The fraction of sp³-hybridized carbons (Fsp3) is 1.00. The lowest BCUT2D eigenvalue weighted by Crippen LogP contribution is -2.49. The van der Waals surface area contributed by atoms with Gasteiger partial charge in [0.2, 0.25) is 0 Å². The first-order valence-corrected chi connectivity index (χ1v) is 6.32. The third-order valence-corrected chi connectivity index (χ3v) is 4.27. The second-order valence-corrected chi connectivity index (χ2v) is 5.68. The van der Waals surface area contributed by atoms with Gasteiger partial charge in [0.25, 0.3) is 0 Å². The van der Waals surface area contributed by atoms with E-state index in [0.717, 1.165) is 23.8 Å². The molecule has 0 spiro atoms. The van der Waals surface area contributed by atoms with Crippen LogP contribution in [-0.2, 0) is 0 Å². The van der Waals surface area contributed by atoms with E-state index in [4.69, 9.17) is 5.73 Å². The van der Waals surface area contributed by atoms with Crippen LogP contribution in [0.25, 0.3) is 0 Å². The first kappa shape index (κ1) is 9.17. The average molecular weight is 194 g/mol. The van der Waals surface area contributed by atoms with E-state index in [2.05, 4.69) is 5.32 Å². The Morgan fingerprint density at radius 3 is 2.07 bits per heavy atom. The van der Waals surface area contributed by atoms with Gasteiger partial charge in [0.05, 0.1) is 0 Å². The van der Waals surface area contributed by atoms with Crippen LogP contribution in [-0.4, -0.2) is 18.6 Å². The molecule has 0 saturated heterocycles. The van der Waals surface area contributed by atoms with E-state index in [0.29, 0.717) is 6.04 Å². The second kappa shape index (κ2) is 3.49. The highest BCUT2D eigenvalue weighted by atomic mass is 15.0. The molecule has 2 nitrogen and oxygen atoms in total. The maximum absolute atomic E-state index is 5.78. The third-order valence-electron chi connectivity index (χ3n) is 4.27. The maximum atomic E-state index is 5.78. The Hall–Kier alpha value is -0.0800. The highest BCUT2D eigenvalue weighted by molar-refractivity contribution is 4.94. The minimum Gasteiger partial charge on any atom is -0.328 e. The van der Waals surface area contributed by atoms with Crippen molar-refractivity contribution >= 4 is 0 Å². The van der Waals surface area contributed by atoms with E-state index < -0.39 is 0 Å². The van der Waals surface area contributed by atoms with Gasteiger partial charge in [-0.2, -0.15) is 0 Å². The highest BCUT2D eigenvalue weighted by Crippen LogP contribution is 2.48. The molecule has 0 aromatic rings. The van der Waals surface area contributed by atoms with Crippen LogP contribution in [0.3, 0.4) is 0 Å². The van der Waals surface area contributed by atoms with E-state index in [1.165, 1.54) is 45.1 Å². The van der Waals surface area contributed by atoms with Gasteiger partial charge in [-0.15, -0.1) is 0 Å². The van der Waals surface area contributed by atoms with Gasteiger partial charge in [0, 0.05) is 12.1 Å². The van der Waals surface area contributed by atoms with E-state index in [1.54, 1.807) is 0 Å². The van der Waals surface area contributed by atoms with Crippen LogP contribution in [0.4, 0.5) is 0 Å². The van der Waals surface area contributed by atoms with Crippen molar-refractivity contribution in [2.45, 2.75) is 50.6 Å². The summed E-state index contributed by atoms with van der Waals surface area (Å²) in [6.45, 7) is 1.28. The maximum Gasteiger partial charge on any atom is 0.00966 e. The van der Waals surface area contributed by atoms with Crippen LogP contribution in [0.5, 0.6) is 0 Å². The predicted octanol–water partition coefficient (Wildman–Crippen LogP) is 1.50. The van der Waals surface area contributed by atoms with Crippen molar-refractivity contribution in [3.8, 4) is 0 Å². The molecule has 3 N–H and O–H groups in total. The molecule has 3 rings (SSSR count). The van der Waals surface area contributed by atoms with E-state index >= 15 is 0 Å². The summed E-state index contributed by atoms with van der Waals surface area (Å²) < 4.78 is 0. The Labute approximate surface area is 86.6 Å². The van der Waals surface area contributed by atoms with E-state index in [-0.39, 0.29) is 0 Å². The lowest BCUT2D eigenvalue weighted by molar-refractivity contribution is 0.261. The Morgan fingerprint density at radius 2 is 1.64 bits per heavy atom. The topological polar surface area (TPSA) is 38.0 Å². The molecule has 14 heavy (non-hydrogen) atoms. The average Bonchev–Trinajstić information content (AvgIpc) is 2.96. The monoisotopic (exact) mass is 194 g/mol. The molecule has 80 valence electrons. The van der Waals surface area contributed by atoms with Gasteiger partial charge in [-0.3, -0.25) is 0 Å². The van der Waals surface area contributed by atoms with Gasteiger partial charge in [-0.05, 0) is 62.8 Å². The van der Waals surface area contributed by atoms with Crippen LogP contribution in [0.1, 0.15) is 38.5 Å². The summed E-state index contributed by atoms with van der Waals surface area (Å²) in [5.41, 5.74) is 5.78.